The minimum Gasteiger partial charge on any atom is -0.364 e. The monoisotopic (exact) mass is 515 g/mol. The van der Waals surface area contributed by atoms with Crippen molar-refractivity contribution in [2.24, 2.45) is 5.41 Å². The minimum absolute atomic E-state index is 0.117. The van der Waals surface area contributed by atoms with Crippen LogP contribution in [-0.4, -0.2) is 14.9 Å². The van der Waals surface area contributed by atoms with Crippen molar-refractivity contribution in [1.82, 2.24) is 9.38 Å². The van der Waals surface area contributed by atoms with E-state index in [4.69, 9.17) is 16.6 Å². The average molecular weight is 517 g/mol. The number of halogens is 2. The lowest BCUT2D eigenvalue weighted by atomic mass is 9.82. The first-order chi connectivity index (χ1) is 14.5. The molecule has 0 amide bonds. The lowest BCUT2D eigenvalue weighted by Crippen LogP contribution is -2.36. The molecule has 0 aliphatic rings. The van der Waals surface area contributed by atoms with Crippen molar-refractivity contribution in [3.8, 4) is 22.5 Å². The van der Waals surface area contributed by atoms with E-state index in [0.717, 1.165) is 49.2 Å². The lowest BCUT2D eigenvalue weighted by Gasteiger charge is -2.34. The Morgan fingerprint density at radius 3 is 2.19 bits per heavy atom. The molecule has 0 atom stereocenters. The summed E-state index contributed by atoms with van der Waals surface area (Å²) in [5.41, 5.74) is 4.37. The fourth-order valence-electron chi connectivity index (χ4n) is 4.30. The van der Waals surface area contributed by atoms with Crippen molar-refractivity contribution in [3.05, 3.63) is 63.4 Å². The van der Waals surface area contributed by atoms with Crippen molar-refractivity contribution >= 4 is 49.6 Å². The van der Waals surface area contributed by atoms with E-state index in [9.17, 15) is 0 Å². The smallest absolute Gasteiger partial charge is 0.196 e. The van der Waals surface area contributed by atoms with Gasteiger partial charge in [-0.15, -0.1) is 11.3 Å². The van der Waals surface area contributed by atoms with Crippen LogP contribution in [0.15, 0.2) is 58.4 Å². The predicted octanol–water partition coefficient (Wildman–Crippen LogP) is 8.77. The first-order valence-corrected chi connectivity index (χ1v) is 12.4. The molecule has 0 radical (unpaired) electrons. The Morgan fingerprint density at radius 2 is 1.58 bits per heavy atom. The third-order valence-corrected chi connectivity index (χ3v) is 6.66. The normalized spacial score (nSPS) is 12.5. The van der Waals surface area contributed by atoms with Gasteiger partial charge in [0.1, 0.15) is 11.5 Å². The summed E-state index contributed by atoms with van der Waals surface area (Å²) >= 11 is 11.4. The Morgan fingerprint density at radius 1 is 0.968 bits per heavy atom. The third kappa shape index (κ3) is 5.00. The van der Waals surface area contributed by atoms with Crippen LogP contribution in [0.25, 0.3) is 27.5 Å². The van der Waals surface area contributed by atoms with Crippen LogP contribution in [0.3, 0.4) is 0 Å². The van der Waals surface area contributed by atoms with Gasteiger partial charge >= 0.3 is 0 Å². The van der Waals surface area contributed by atoms with Crippen LogP contribution >= 0.6 is 38.9 Å². The van der Waals surface area contributed by atoms with Gasteiger partial charge in [0.2, 0.25) is 0 Å². The molecule has 0 bridgehead atoms. The van der Waals surface area contributed by atoms with E-state index in [1.54, 1.807) is 11.3 Å². The maximum Gasteiger partial charge on any atom is 0.196 e. The zero-order chi connectivity index (χ0) is 22.4. The number of benzene rings is 2. The minimum atomic E-state index is -0.117. The highest BCUT2D eigenvalue weighted by molar-refractivity contribution is 9.10. The molecule has 0 spiro atoms. The highest BCUT2D eigenvalue weighted by atomic mass is 79.9. The largest absolute Gasteiger partial charge is 0.364 e. The fraction of sp³-hybridized carbons (Fsp3) is 0.320. The van der Waals surface area contributed by atoms with Crippen molar-refractivity contribution in [2.45, 2.75) is 46.6 Å². The Balaban J connectivity index is 1.90. The summed E-state index contributed by atoms with van der Waals surface area (Å²) < 4.78 is 3.32. The standard InChI is InChI=1S/C25H27BrClN3S/c1-24(2,3)15-25(4,5)29-22-21(17-8-12-19(27)13-9-17)28-23-30(22)20(14-31-23)16-6-10-18(26)11-7-16/h6-14,29H,15H2,1-5H3. The van der Waals surface area contributed by atoms with Gasteiger partial charge in [0.25, 0.3) is 0 Å². The summed E-state index contributed by atoms with van der Waals surface area (Å²) in [6, 6.07) is 16.3. The molecule has 3 nitrogen and oxygen atoms in total. The zero-order valence-electron chi connectivity index (χ0n) is 18.5. The molecule has 1 N–H and O–H groups in total. The van der Waals surface area contributed by atoms with Crippen LogP contribution < -0.4 is 5.32 Å². The second-order valence-corrected chi connectivity index (χ2v) is 12.0. The number of imidazole rings is 1. The van der Waals surface area contributed by atoms with Crippen molar-refractivity contribution in [3.63, 3.8) is 0 Å². The zero-order valence-corrected chi connectivity index (χ0v) is 21.6. The Labute approximate surface area is 201 Å². The number of hydrogen-bond acceptors (Lipinski definition) is 3. The molecular weight excluding hydrogens is 490 g/mol. The van der Waals surface area contributed by atoms with Gasteiger partial charge in [0.05, 0.1) is 5.69 Å². The summed E-state index contributed by atoms with van der Waals surface area (Å²) in [7, 11) is 0. The Kier molecular flexibility index (Phi) is 5.97. The second kappa shape index (κ2) is 8.27. The van der Waals surface area contributed by atoms with Gasteiger partial charge in [-0.25, -0.2) is 4.98 Å². The highest BCUT2D eigenvalue weighted by Crippen LogP contribution is 2.39. The second-order valence-electron chi connectivity index (χ2n) is 9.81. The molecule has 0 saturated carbocycles. The van der Waals surface area contributed by atoms with Crippen LogP contribution in [0.4, 0.5) is 5.82 Å². The number of rotatable bonds is 5. The van der Waals surface area contributed by atoms with E-state index in [1.165, 1.54) is 0 Å². The fourth-order valence-corrected chi connectivity index (χ4v) is 5.58. The van der Waals surface area contributed by atoms with Crippen molar-refractivity contribution in [1.29, 1.82) is 0 Å². The summed E-state index contributed by atoms with van der Waals surface area (Å²) in [4.78, 5) is 5.99. The van der Waals surface area contributed by atoms with Gasteiger partial charge in [0, 0.05) is 26.0 Å². The first-order valence-electron chi connectivity index (χ1n) is 10.3. The molecule has 0 unspecified atom stereocenters. The average Bonchev–Trinajstić information content (AvgIpc) is 3.21. The molecule has 0 fully saturated rings. The molecule has 6 heteroatoms. The van der Waals surface area contributed by atoms with Gasteiger partial charge in [-0.1, -0.05) is 72.6 Å². The van der Waals surface area contributed by atoms with Gasteiger partial charge < -0.3 is 5.32 Å². The molecule has 0 aliphatic carbocycles. The molecule has 0 saturated heterocycles. The molecule has 4 aromatic rings. The van der Waals surface area contributed by atoms with Crippen molar-refractivity contribution < 1.29 is 0 Å². The number of nitrogens with one attached hydrogen (secondary N) is 1. The van der Waals surface area contributed by atoms with Gasteiger partial charge in [-0.05, 0) is 55.5 Å². The van der Waals surface area contributed by atoms with E-state index in [0.29, 0.717) is 0 Å². The molecule has 2 aromatic heterocycles. The lowest BCUT2D eigenvalue weighted by molar-refractivity contribution is 0.302. The van der Waals surface area contributed by atoms with E-state index < -0.39 is 0 Å². The molecule has 2 heterocycles. The number of thiazole rings is 1. The Hall–Kier alpha value is -1.82. The van der Waals surface area contributed by atoms with Gasteiger partial charge in [-0.2, -0.15) is 0 Å². The quantitative estimate of drug-likeness (QED) is 0.287. The number of nitrogens with zero attached hydrogens (tertiary/aromatic N) is 2. The molecule has 162 valence electrons. The molecule has 4 rings (SSSR count). The predicted molar refractivity (Wildman–Crippen MR) is 138 cm³/mol. The molecule has 2 aromatic carbocycles. The van der Waals surface area contributed by atoms with Gasteiger partial charge in [-0.3, -0.25) is 4.40 Å². The van der Waals surface area contributed by atoms with E-state index in [2.05, 4.69) is 89.9 Å². The van der Waals surface area contributed by atoms with Gasteiger partial charge in [0.15, 0.2) is 4.96 Å². The highest BCUT2D eigenvalue weighted by Gasteiger charge is 2.29. The first kappa shape index (κ1) is 22.4. The number of fused-ring (bicyclic) bond motifs is 1. The van der Waals surface area contributed by atoms with E-state index >= 15 is 0 Å². The SMILES string of the molecule is CC(C)(C)CC(C)(C)Nc1c(-c2ccc(Cl)cc2)nc2scc(-c3ccc(Br)cc3)n12. The summed E-state index contributed by atoms with van der Waals surface area (Å²) in [5.74, 6) is 1.02. The maximum absolute atomic E-state index is 6.15. The van der Waals surface area contributed by atoms with Crippen LogP contribution in [-0.2, 0) is 0 Å². The third-order valence-electron chi connectivity index (χ3n) is 5.05. The molecule has 31 heavy (non-hydrogen) atoms. The van der Waals surface area contributed by atoms with E-state index in [-0.39, 0.29) is 11.0 Å². The van der Waals surface area contributed by atoms with Crippen LogP contribution in [0.2, 0.25) is 5.02 Å². The van der Waals surface area contributed by atoms with Crippen molar-refractivity contribution in [2.75, 3.05) is 5.32 Å². The topological polar surface area (TPSA) is 29.3 Å². The maximum atomic E-state index is 6.15. The molecule has 0 aliphatic heterocycles. The number of anilines is 1. The Bertz CT molecular complexity index is 1200. The number of aromatic nitrogens is 2. The number of hydrogen-bond donors (Lipinski definition) is 1. The summed E-state index contributed by atoms with van der Waals surface area (Å²) in [5, 5.41) is 6.76. The van der Waals surface area contributed by atoms with Crippen LogP contribution in [0, 0.1) is 5.41 Å². The van der Waals surface area contributed by atoms with Crippen LogP contribution in [0.1, 0.15) is 41.0 Å². The summed E-state index contributed by atoms with van der Waals surface area (Å²) in [6.07, 6.45) is 1.02. The van der Waals surface area contributed by atoms with Crippen LogP contribution in [0.5, 0.6) is 0 Å². The van der Waals surface area contributed by atoms with E-state index in [1.807, 2.05) is 24.3 Å². The molecular formula is C25H27BrClN3S. The summed E-state index contributed by atoms with van der Waals surface area (Å²) in [6.45, 7) is 11.4.